The first-order valence-electron chi connectivity index (χ1n) is 7.96. The third kappa shape index (κ3) is 5.12. The summed E-state index contributed by atoms with van der Waals surface area (Å²) < 4.78 is 37.0. The van der Waals surface area contributed by atoms with Crippen molar-refractivity contribution in [1.82, 2.24) is 5.32 Å². The van der Waals surface area contributed by atoms with E-state index in [2.05, 4.69) is 5.32 Å². The molecule has 0 aromatic rings. The lowest BCUT2D eigenvalue weighted by atomic mass is 9.91. The summed E-state index contributed by atoms with van der Waals surface area (Å²) in [4.78, 5) is 24.4. The molecule has 0 radical (unpaired) electrons. The second-order valence-corrected chi connectivity index (χ2v) is 7.78. The maximum atomic E-state index is 13.4. The Hall–Kier alpha value is -1.24. The molecule has 1 unspecified atom stereocenters. The lowest BCUT2D eigenvalue weighted by Gasteiger charge is -2.25. The number of epoxide rings is 1. The molecule has 1 aliphatic carbocycles. The predicted octanol–water partition coefficient (Wildman–Crippen LogP) is 3.06. The lowest BCUT2D eigenvalue weighted by molar-refractivity contribution is -0.126. The van der Waals surface area contributed by atoms with Gasteiger partial charge in [-0.3, -0.25) is 4.79 Å². The van der Waals surface area contributed by atoms with Gasteiger partial charge in [0, 0.05) is 12.8 Å². The van der Waals surface area contributed by atoms with Crippen molar-refractivity contribution < 1.29 is 27.8 Å². The highest BCUT2D eigenvalue weighted by molar-refractivity contribution is 5.95. The van der Waals surface area contributed by atoms with Crippen LogP contribution >= 0.6 is 0 Å². The molecule has 0 bridgehead atoms. The Morgan fingerprint density at radius 1 is 1.39 bits per heavy atom. The van der Waals surface area contributed by atoms with Crippen LogP contribution in [0.5, 0.6) is 0 Å². The number of hydrogen-bond donors (Lipinski definition) is 1. The largest absolute Gasteiger partial charge is 0.444 e. The van der Waals surface area contributed by atoms with Crippen LogP contribution in [-0.4, -0.2) is 41.6 Å². The monoisotopic (exact) mass is 333 g/mol. The number of carbonyl (C=O) groups is 2. The van der Waals surface area contributed by atoms with Gasteiger partial charge in [-0.1, -0.05) is 0 Å². The summed E-state index contributed by atoms with van der Waals surface area (Å²) in [5.41, 5.74) is -1.61. The smallest absolute Gasteiger partial charge is 0.408 e. The zero-order chi connectivity index (χ0) is 17.5. The van der Waals surface area contributed by atoms with Crippen molar-refractivity contribution in [3.8, 4) is 0 Å². The van der Waals surface area contributed by atoms with Crippen LogP contribution in [0.25, 0.3) is 0 Å². The molecule has 1 saturated carbocycles. The van der Waals surface area contributed by atoms with Crippen molar-refractivity contribution in [2.24, 2.45) is 5.92 Å². The van der Waals surface area contributed by atoms with Crippen molar-refractivity contribution in [2.45, 2.75) is 76.5 Å². The second-order valence-electron chi connectivity index (χ2n) is 7.78. The highest BCUT2D eigenvalue weighted by Crippen LogP contribution is 2.41. The number of ketones is 1. The first-order chi connectivity index (χ1) is 10.4. The Morgan fingerprint density at radius 2 is 2.00 bits per heavy atom. The molecule has 1 saturated heterocycles. The number of rotatable bonds is 5. The average molecular weight is 333 g/mol. The van der Waals surface area contributed by atoms with E-state index in [-0.39, 0.29) is 31.0 Å². The van der Waals surface area contributed by atoms with Crippen LogP contribution in [0.2, 0.25) is 0 Å². The van der Waals surface area contributed by atoms with E-state index < -0.39 is 29.3 Å². The Morgan fingerprint density at radius 3 is 2.43 bits per heavy atom. The zero-order valence-electron chi connectivity index (χ0n) is 14.1. The molecule has 2 fully saturated rings. The molecule has 7 heteroatoms. The summed E-state index contributed by atoms with van der Waals surface area (Å²) in [6.07, 6.45) is -0.593. The second kappa shape index (κ2) is 6.00. The van der Waals surface area contributed by atoms with Crippen LogP contribution < -0.4 is 5.32 Å². The SMILES string of the molecule is CC(C)(C)OC(=O)N[C@@H](CC1CCC(F)(F)C1)C(=O)[C@@]1(C)CO1. The van der Waals surface area contributed by atoms with Gasteiger partial charge in [-0.05, 0) is 46.5 Å². The normalized spacial score (nSPS) is 30.6. The molecular weight excluding hydrogens is 308 g/mol. The van der Waals surface area contributed by atoms with E-state index in [0.717, 1.165) is 0 Å². The highest BCUT2D eigenvalue weighted by atomic mass is 19.3. The minimum absolute atomic E-state index is 0.168. The summed E-state index contributed by atoms with van der Waals surface area (Å²) in [5, 5.41) is 2.54. The van der Waals surface area contributed by atoms with Crippen molar-refractivity contribution >= 4 is 11.9 Å². The number of alkyl halides is 2. The Kier molecular flexibility index (Phi) is 4.72. The van der Waals surface area contributed by atoms with Crippen LogP contribution in [-0.2, 0) is 14.3 Å². The molecular formula is C16H25F2NO4. The number of nitrogens with one attached hydrogen (secondary N) is 1. The third-order valence-electron chi connectivity index (χ3n) is 4.18. The first-order valence-corrected chi connectivity index (χ1v) is 7.96. The third-order valence-corrected chi connectivity index (χ3v) is 4.18. The van der Waals surface area contributed by atoms with Crippen LogP contribution in [0, 0.1) is 5.92 Å². The number of amides is 1. The molecule has 3 atom stereocenters. The van der Waals surface area contributed by atoms with E-state index >= 15 is 0 Å². The Balaban J connectivity index is 2.00. The van der Waals surface area contributed by atoms with Gasteiger partial charge in [0.05, 0.1) is 12.6 Å². The van der Waals surface area contributed by atoms with E-state index in [1.807, 2.05) is 0 Å². The zero-order valence-corrected chi connectivity index (χ0v) is 14.1. The first kappa shape index (κ1) is 18.1. The molecule has 1 heterocycles. The Bertz CT molecular complexity index is 483. The van der Waals surface area contributed by atoms with Gasteiger partial charge in [0.25, 0.3) is 0 Å². The van der Waals surface area contributed by atoms with E-state index in [1.54, 1.807) is 27.7 Å². The topological polar surface area (TPSA) is 67.9 Å². The number of ether oxygens (including phenoxy) is 2. The minimum atomic E-state index is -2.68. The van der Waals surface area contributed by atoms with Gasteiger partial charge in [0.15, 0.2) is 5.78 Å². The average Bonchev–Trinajstić information content (AvgIpc) is 3.02. The maximum Gasteiger partial charge on any atom is 0.408 e. The van der Waals surface area contributed by atoms with Crippen molar-refractivity contribution in [2.75, 3.05) is 6.61 Å². The summed E-state index contributed by atoms with van der Waals surface area (Å²) >= 11 is 0. The summed E-state index contributed by atoms with van der Waals surface area (Å²) in [7, 11) is 0. The van der Waals surface area contributed by atoms with Gasteiger partial charge >= 0.3 is 6.09 Å². The van der Waals surface area contributed by atoms with Crippen LogP contribution in [0.3, 0.4) is 0 Å². The fraction of sp³-hybridized carbons (Fsp3) is 0.875. The summed E-state index contributed by atoms with van der Waals surface area (Å²) in [5.74, 6) is -3.25. The lowest BCUT2D eigenvalue weighted by Crippen LogP contribution is -2.48. The molecule has 0 aromatic carbocycles. The molecule has 0 spiro atoms. The summed E-state index contributed by atoms with van der Waals surface area (Å²) in [6, 6.07) is -0.865. The van der Waals surface area contributed by atoms with Crippen molar-refractivity contribution in [3.05, 3.63) is 0 Å². The molecule has 1 aliphatic heterocycles. The van der Waals surface area contributed by atoms with Crippen LogP contribution in [0.4, 0.5) is 13.6 Å². The van der Waals surface area contributed by atoms with E-state index in [1.165, 1.54) is 0 Å². The molecule has 1 N–H and O–H groups in total. The van der Waals surface area contributed by atoms with Gasteiger partial charge in [-0.25, -0.2) is 13.6 Å². The molecule has 132 valence electrons. The predicted molar refractivity (Wildman–Crippen MR) is 79.4 cm³/mol. The van der Waals surface area contributed by atoms with Gasteiger partial charge in [-0.15, -0.1) is 0 Å². The molecule has 0 aromatic heterocycles. The number of halogens is 2. The van der Waals surface area contributed by atoms with E-state index in [9.17, 15) is 18.4 Å². The molecule has 23 heavy (non-hydrogen) atoms. The molecule has 2 rings (SSSR count). The molecule has 5 nitrogen and oxygen atoms in total. The van der Waals surface area contributed by atoms with E-state index in [4.69, 9.17) is 9.47 Å². The molecule has 2 aliphatic rings. The van der Waals surface area contributed by atoms with Gasteiger partial charge in [-0.2, -0.15) is 0 Å². The fourth-order valence-corrected chi connectivity index (χ4v) is 2.88. The minimum Gasteiger partial charge on any atom is -0.444 e. The number of Topliss-reactive ketones (excluding diaryl/α,β-unsaturated/α-hetero) is 1. The maximum absolute atomic E-state index is 13.4. The van der Waals surface area contributed by atoms with Crippen molar-refractivity contribution in [1.29, 1.82) is 0 Å². The quantitative estimate of drug-likeness (QED) is 0.785. The fourth-order valence-electron chi connectivity index (χ4n) is 2.88. The Labute approximate surface area is 135 Å². The van der Waals surface area contributed by atoms with Crippen molar-refractivity contribution in [3.63, 3.8) is 0 Å². The van der Waals surface area contributed by atoms with Crippen LogP contribution in [0.15, 0.2) is 0 Å². The standard InChI is InChI=1S/C16H25F2NO4/c1-14(2,3)23-13(21)19-11(12(20)15(4)9-22-15)7-10-5-6-16(17,18)8-10/h10-11H,5-9H2,1-4H3,(H,19,21)/t10?,11-,15+/m0/s1. The highest BCUT2D eigenvalue weighted by Gasteiger charge is 2.51. The summed E-state index contributed by atoms with van der Waals surface area (Å²) in [6.45, 7) is 7.08. The van der Waals surface area contributed by atoms with E-state index in [0.29, 0.717) is 13.0 Å². The van der Waals surface area contributed by atoms with Gasteiger partial charge < -0.3 is 14.8 Å². The number of carbonyl (C=O) groups excluding carboxylic acids is 2. The van der Waals surface area contributed by atoms with Gasteiger partial charge in [0.2, 0.25) is 5.92 Å². The van der Waals surface area contributed by atoms with Gasteiger partial charge in [0.1, 0.15) is 11.2 Å². The molecule has 1 amide bonds. The number of hydrogen-bond acceptors (Lipinski definition) is 4. The van der Waals surface area contributed by atoms with Crippen LogP contribution in [0.1, 0.15) is 53.4 Å². The number of alkyl carbamates (subject to hydrolysis) is 1.